The van der Waals surface area contributed by atoms with Crippen molar-refractivity contribution < 1.29 is 23.1 Å². The molecule has 8 heteroatoms. The smallest absolute Gasteiger partial charge is 0.261 e. The number of carbonyl (C=O) groups is 2. The van der Waals surface area contributed by atoms with Crippen LogP contribution in [-0.2, 0) is 16.1 Å². The molecule has 3 aromatic rings. The van der Waals surface area contributed by atoms with E-state index in [0.29, 0.717) is 15.9 Å². The number of nitrogens with one attached hydrogen (secondary N) is 1. The number of furan rings is 1. The largest absolute Gasteiger partial charge is 0.481 e. The van der Waals surface area contributed by atoms with Gasteiger partial charge >= 0.3 is 0 Å². The summed E-state index contributed by atoms with van der Waals surface area (Å²) in [6, 6.07) is 16.6. The van der Waals surface area contributed by atoms with Gasteiger partial charge in [0, 0.05) is 10.2 Å². The average Bonchev–Trinajstić information content (AvgIpc) is 3.20. The van der Waals surface area contributed by atoms with Gasteiger partial charge in [-0.15, -0.1) is 0 Å². The summed E-state index contributed by atoms with van der Waals surface area (Å²) < 4.78 is 25.0. The zero-order valence-corrected chi connectivity index (χ0v) is 16.9. The molecule has 2 aromatic carbocycles. The first-order chi connectivity index (χ1) is 14.0. The molecule has 29 heavy (non-hydrogen) atoms. The molecular formula is C21H18BrFN2O4. The Kier molecular flexibility index (Phi) is 7.02. The van der Waals surface area contributed by atoms with Crippen molar-refractivity contribution in [2.45, 2.75) is 6.54 Å². The third-order valence-electron chi connectivity index (χ3n) is 3.92. The minimum atomic E-state index is -0.591. The monoisotopic (exact) mass is 460 g/mol. The number of halogens is 2. The predicted molar refractivity (Wildman–Crippen MR) is 109 cm³/mol. The number of benzene rings is 2. The molecule has 6 nitrogen and oxygen atoms in total. The lowest BCUT2D eigenvalue weighted by molar-refractivity contribution is -0.137. The third kappa shape index (κ3) is 6.18. The number of ether oxygens (including phenoxy) is 1. The van der Waals surface area contributed by atoms with Gasteiger partial charge in [-0.1, -0.05) is 34.1 Å². The molecule has 0 saturated carbocycles. The van der Waals surface area contributed by atoms with Crippen LogP contribution in [0.2, 0.25) is 0 Å². The highest BCUT2D eigenvalue weighted by Gasteiger charge is 2.20. The maximum Gasteiger partial charge on any atom is 0.261 e. The lowest BCUT2D eigenvalue weighted by atomic mass is 10.3. The number of hydrogen-bond acceptors (Lipinski definition) is 4. The summed E-state index contributed by atoms with van der Waals surface area (Å²) in [6.07, 6.45) is 1.48. The second kappa shape index (κ2) is 9.88. The quantitative estimate of drug-likeness (QED) is 0.545. The van der Waals surface area contributed by atoms with Crippen LogP contribution < -0.4 is 10.1 Å². The first-order valence-electron chi connectivity index (χ1n) is 8.74. The molecule has 2 amide bonds. The number of amides is 2. The van der Waals surface area contributed by atoms with Crippen molar-refractivity contribution in [3.05, 3.63) is 83.0 Å². The fourth-order valence-electron chi connectivity index (χ4n) is 2.54. The molecule has 3 rings (SSSR count). The molecule has 0 spiro atoms. The Labute approximate surface area is 175 Å². The molecule has 1 heterocycles. The van der Waals surface area contributed by atoms with Crippen LogP contribution in [0.1, 0.15) is 5.76 Å². The summed E-state index contributed by atoms with van der Waals surface area (Å²) in [5.41, 5.74) is 0.621. The van der Waals surface area contributed by atoms with Crippen LogP contribution in [-0.4, -0.2) is 29.9 Å². The first kappa shape index (κ1) is 20.6. The Morgan fingerprint density at radius 3 is 2.59 bits per heavy atom. The second-order valence-corrected chi connectivity index (χ2v) is 7.02. The molecule has 0 unspecified atom stereocenters. The highest BCUT2D eigenvalue weighted by molar-refractivity contribution is 9.10. The van der Waals surface area contributed by atoms with Crippen LogP contribution in [0.5, 0.6) is 5.75 Å². The highest BCUT2D eigenvalue weighted by atomic mass is 79.9. The fraction of sp³-hybridized carbons (Fsp3) is 0.143. The predicted octanol–water partition coefficient (Wildman–Crippen LogP) is 4.23. The molecule has 0 atom stereocenters. The SMILES string of the molecule is O=C(CN(Cc1ccco1)C(=O)COc1ccc(Br)cc1F)Nc1ccccc1. The van der Waals surface area contributed by atoms with Crippen LogP contribution in [0.15, 0.2) is 75.8 Å². The van der Waals surface area contributed by atoms with Crippen LogP contribution in [0.3, 0.4) is 0 Å². The average molecular weight is 461 g/mol. The molecule has 0 radical (unpaired) electrons. The third-order valence-corrected chi connectivity index (χ3v) is 4.41. The normalized spacial score (nSPS) is 10.4. The van der Waals surface area contributed by atoms with E-state index in [1.165, 1.54) is 23.3 Å². The summed E-state index contributed by atoms with van der Waals surface area (Å²) in [7, 11) is 0. The van der Waals surface area contributed by atoms with E-state index in [1.807, 2.05) is 6.07 Å². The highest BCUT2D eigenvalue weighted by Crippen LogP contribution is 2.21. The van der Waals surface area contributed by atoms with Gasteiger partial charge in [0.2, 0.25) is 5.91 Å². The number of rotatable bonds is 8. The second-order valence-electron chi connectivity index (χ2n) is 6.11. The lowest BCUT2D eigenvalue weighted by Gasteiger charge is -2.21. The summed E-state index contributed by atoms with van der Waals surface area (Å²) in [5, 5.41) is 2.73. The molecule has 0 aliphatic carbocycles. The minimum absolute atomic E-state index is 0.0479. The van der Waals surface area contributed by atoms with E-state index in [0.717, 1.165) is 0 Å². The van der Waals surface area contributed by atoms with Gasteiger partial charge in [0.15, 0.2) is 18.2 Å². The van der Waals surface area contributed by atoms with Gasteiger partial charge in [0.1, 0.15) is 12.3 Å². The van der Waals surface area contributed by atoms with Crippen molar-refractivity contribution >= 4 is 33.4 Å². The maximum atomic E-state index is 13.9. The topological polar surface area (TPSA) is 71.8 Å². The van der Waals surface area contributed by atoms with Gasteiger partial charge < -0.3 is 19.4 Å². The molecule has 0 saturated heterocycles. The van der Waals surface area contributed by atoms with Gasteiger partial charge in [-0.05, 0) is 42.5 Å². The molecule has 0 aliphatic heterocycles. The molecule has 150 valence electrons. The molecule has 1 aromatic heterocycles. The van der Waals surface area contributed by atoms with E-state index in [2.05, 4.69) is 21.2 Å². The minimum Gasteiger partial charge on any atom is -0.481 e. The Morgan fingerprint density at radius 1 is 1.10 bits per heavy atom. The van der Waals surface area contributed by atoms with Crippen LogP contribution in [0.4, 0.5) is 10.1 Å². The van der Waals surface area contributed by atoms with Crippen molar-refractivity contribution in [2.75, 3.05) is 18.5 Å². The first-order valence-corrected chi connectivity index (χ1v) is 9.53. The maximum absolute atomic E-state index is 13.9. The molecule has 0 aliphatic rings. The van der Waals surface area contributed by atoms with Gasteiger partial charge in [-0.25, -0.2) is 4.39 Å². The van der Waals surface area contributed by atoms with Crippen LogP contribution in [0.25, 0.3) is 0 Å². The standard InChI is InChI=1S/C21H18BrFN2O4/c22-15-8-9-19(18(23)11-15)29-14-21(27)25(12-17-7-4-10-28-17)13-20(26)24-16-5-2-1-3-6-16/h1-11H,12-14H2,(H,24,26). The van der Waals surface area contributed by atoms with Gasteiger partial charge in [0.05, 0.1) is 12.8 Å². The number of nitrogens with zero attached hydrogens (tertiary/aromatic N) is 1. The zero-order chi connectivity index (χ0) is 20.6. The molecule has 0 bridgehead atoms. The number of carbonyl (C=O) groups excluding carboxylic acids is 2. The summed E-state index contributed by atoms with van der Waals surface area (Å²) in [5.74, 6) is -0.974. The number of para-hydroxylation sites is 1. The Morgan fingerprint density at radius 2 is 1.90 bits per heavy atom. The van der Waals surface area contributed by atoms with E-state index < -0.39 is 18.3 Å². The van der Waals surface area contributed by atoms with E-state index >= 15 is 0 Å². The van der Waals surface area contributed by atoms with Crippen LogP contribution in [0, 0.1) is 5.82 Å². The van der Waals surface area contributed by atoms with Gasteiger partial charge in [-0.3, -0.25) is 9.59 Å². The summed E-state index contributed by atoms with van der Waals surface area (Å²) >= 11 is 3.16. The lowest BCUT2D eigenvalue weighted by Crippen LogP contribution is -2.40. The van der Waals surface area contributed by atoms with Crippen molar-refractivity contribution in [1.29, 1.82) is 0 Å². The van der Waals surface area contributed by atoms with Crippen LogP contribution >= 0.6 is 15.9 Å². The molecule has 1 N–H and O–H groups in total. The summed E-state index contributed by atoms with van der Waals surface area (Å²) in [4.78, 5) is 26.3. The fourth-order valence-corrected chi connectivity index (χ4v) is 2.87. The van der Waals surface area contributed by atoms with E-state index in [1.54, 1.807) is 42.5 Å². The Bertz CT molecular complexity index is 964. The van der Waals surface area contributed by atoms with E-state index in [9.17, 15) is 14.0 Å². The van der Waals surface area contributed by atoms with Crippen molar-refractivity contribution in [1.82, 2.24) is 4.90 Å². The van der Waals surface area contributed by atoms with Gasteiger partial charge in [-0.2, -0.15) is 0 Å². The Balaban J connectivity index is 1.65. The van der Waals surface area contributed by atoms with Gasteiger partial charge in [0.25, 0.3) is 5.91 Å². The van der Waals surface area contributed by atoms with E-state index in [4.69, 9.17) is 9.15 Å². The molecule has 0 fully saturated rings. The summed E-state index contributed by atoms with van der Waals surface area (Å²) in [6.45, 7) is -0.543. The number of hydrogen-bond donors (Lipinski definition) is 1. The van der Waals surface area contributed by atoms with Crippen molar-refractivity contribution in [3.8, 4) is 5.75 Å². The number of anilines is 1. The van der Waals surface area contributed by atoms with Crippen molar-refractivity contribution in [3.63, 3.8) is 0 Å². The van der Waals surface area contributed by atoms with E-state index in [-0.39, 0.29) is 24.7 Å². The molecular weight excluding hydrogens is 443 g/mol. The zero-order valence-electron chi connectivity index (χ0n) is 15.3. The van der Waals surface area contributed by atoms with Crippen molar-refractivity contribution in [2.24, 2.45) is 0 Å². The Hall–Kier alpha value is -3.13.